The molecule has 1 aliphatic carbocycles. The number of nitrogens with zero attached hydrogens (tertiary/aromatic N) is 2. The zero-order valence-corrected chi connectivity index (χ0v) is 15.6. The number of fused-ring (bicyclic) bond motifs is 2. The number of H-pyrrole nitrogens is 1. The Morgan fingerprint density at radius 1 is 1.19 bits per heavy atom. The molecule has 1 fully saturated rings. The van der Waals surface area contributed by atoms with Crippen molar-refractivity contribution in [2.75, 3.05) is 5.32 Å². The summed E-state index contributed by atoms with van der Waals surface area (Å²) in [4.78, 5) is 12.3. The Morgan fingerprint density at radius 2 is 2.04 bits per heavy atom. The number of rotatable bonds is 3. The number of nitrogens with one attached hydrogen (secondary N) is 2. The summed E-state index contributed by atoms with van der Waals surface area (Å²) in [6.45, 7) is 0. The van der Waals surface area contributed by atoms with E-state index in [-0.39, 0.29) is 18.0 Å². The van der Waals surface area contributed by atoms with Crippen molar-refractivity contribution in [1.82, 2.24) is 15.0 Å². The van der Waals surface area contributed by atoms with E-state index < -0.39 is 0 Å². The third-order valence-electron chi connectivity index (χ3n) is 5.39. The second kappa shape index (κ2) is 6.51. The third-order valence-corrected chi connectivity index (χ3v) is 6.35. The molecule has 0 saturated heterocycles. The van der Waals surface area contributed by atoms with Crippen molar-refractivity contribution in [3.05, 3.63) is 35.8 Å². The van der Waals surface area contributed by atoms with Gasteiger partial charge in [-0.2, -0.15) is 0 Å². The first kappa shape index (κ1) is 16.5. The van der Waals surface area contributed by atoms with Crippen LogP contribution in [0.4, 0.5) is 5.95 Å². The molecule has 0 bridgehead atoms. The summed E-state index contributed by atoms with van der Waals surface area (Å²) >= 11 is 1.68. The molecule has 3 heterocycles. The standard InChI is InChI=1S/C20H21N5OS/c21-13-6-2-3-7-14(13)23-20-24-15-9-22-19(26)17(15)18(25-20)12-10-27-16-8-4-1-5-11(12)16/h1,4-5,8-10,13-14,22,26H,2-3,6-7,21H2,(H,23,24). The number of benzene rings is 1. The Labute approximate surface area is 160 Å². The molecule has 5 N–H and O–H groups in total. The summed E-state index contributed by atoms with van der Waals surface area (Å²) in [7, 11) is 0. The number of aromatic amines is 1. The van der Waals surface area contributed by atoms with Gasteiger partial charge in [-0.15, -0.1) is 11.3 Å². The molecule has 0 amide bonds. The number of aromatic nitrogens is 3. The largest absolute Gasteiger partial charge is 0.494 e. The number of thiophene rings is 1. The van der Waals surface area contributed by atoms with Gasteiger partial charge in [0.25, 0.3) is 0 Å². The molecule has 2 unspecified atom stereocenters. The average molecular weight is 379 g/mol. The van der Waals surface area contributed by atoms with Gasteiger partial charge in [-0.25, -0.2) is 9.97 Å². The molecule has 6 nitrogen and oxygen atoms in total. The van der Waals surface area contributed by atoms with E-state index in [0.717, 1.165) is 29.5 Å². The number of aromatic hydroxyl groups is 1. The van der Waals surface area contributed by atoms with Gasteiger partial charge in [0, 0.05) is 39.3 Å². The number of nitrogens with two attached hydrogens (primary N) is 1. The molecular formula is C20H21N5OS. The molecule has 1 aliphatic rings. The first-order valence-electron chi connectivity index (χ1n) is 9.27. The number of anilines is 1. The highest BCUT2D eigenvalue weighted by Gasteiger charge is 2.24. The van der Waals surface area contributed by atoms with Crippen molar-refractivity contribution in [2.24, 2.45) is 5.73 Å². The average Bonchev–Trinajstić information content (AvgIpc) is 3.27. The van der Waals surface area contributed by atoms with Crippen LogP contribution in [0.15, 0.2) is 35.8 Å². The van der Waals surface area contributed by atoms with E-state index in [0.29, 0.717) is 16.9 Å². The van der Waals surface area contributed by atoms with Gasteiger partial charge in [0.05, 0.1) is 16.6 Å². The molecule has 1 saturated carbocycles. The van der Waals surface area contributed by atoms with Crippen LogP contribution < -0.4 is 11.1 Å². The monoisotopic (exact) mass is 379 g/mol. The third kappa shape index (κ3) is 2.83. The van der Waals surface area contributed by atoms with E-state index in [1.807, 2.05) is 12.1 Å². The number of hydrogen-bond donors (Lipinski definition) is 4. The topological polar surface area (TPSA) is 99.9 Å². The fourth-order valence-corrected chi connectivity index (χ4v) is 4.90. The van der Waals surface area contributed by atoms with Gasteiger partial charge in [0.2, 0.25) is 5.95 Å². The lowest BCUT2D eigenvalue weighted by Crippen LogP contribution is -2.42. The maximum absolute atomic E-state index is 10.3. The van der Waals surface area contributed by atoms with Gasteiger partial charge in [-0.05, 0) is 18.9 Å². The second-order valence-electron chi connectivity index (χ2n) is 7.14. The molecule has 0 aliphatic heterocycles. The lowest BCUT2D eigenvalue weighted by Gasteiger charge is -2.29. The van der Waals surface area contributed by atoms with E-state index in [1.165, 1.54) is 17.5 Å². The van der Waals surface area contributed by atoms with Crippen molar-refractivity contribution in [1.29, 1.82) is 0 Å². The SMILES string of the molecule is NC1CCCCC1Nc1nc(-c2csc3ccccc23)c2c(O)[nH]cc2n1. The molecule has 2 atom stereocenters. The fraction of sp³-hybridized carbons (Fsp3) is 0.300. The molecular weight excluding hydrogens is 358 g/mol. The van der Waals surface area contributed by atoms with Gasteiger partial charge in [-0.1, -0.05) is 31.0 Å². The van der Waals surface area contributed by atoms with E-state index in [2.05, 4.69) is 32.8 Å². The minimum atomic E-state index is 0.0937. The zero-order chi connectivity index (χ0) is 18.4. The van der Waals surface area contributed by atoms with Crippen molar-refractivity contribution >= 4 is 38.3 Å². The summed E-state index contributed by atoms with van der Waals surface area (Å²) in [5.74, 6) is 0.658. The van der Waals surface area contributed by atoms with E-state index in [9.17, 15) is 5.11 Å². The van der Waals surface area contributed by atoms with Gasteiger partial charge in [0.15, 0.2) is 5.88 Å². The van der Waals surface area contributed by atoms with Crippen molar-refractivity contribution < 1.29 is 5.11 Å². The maximum Gasteiger partial charge on any atom is 0.224 e. The van der Waals surface area contributed by atoms with Crippen LogP contribution in [0, 0.1) is 0 Å². The Kier molecular flexibility index (Phi) is 3.98. The van der Waals surface area contributed by atoms with Crippen LogP contribution in [0.25, 0.3) is 32.2 Å². The normalized spacial score (nSPS) is 20.3. The highest BCUT2D eigenvalue weighted by atomic mass is 32.1. The Bertz CT molecular complexity index is 1120. The second-order valence-corrected chi connectivity index (χ2v) is 8.05. The quantitative estimate of drug-likeness (QED) is 0.427. The first-order chi connectivity index (χ1) is 13.2. The molecule has 0 radical (unpaired) electrons. The summed E-state index contributed by atoms with van der Waals surface area (Å²) < 4.78 is 1.19. The Balaban J connectivity index is 1.65. The molecule has 4 aromatic rings. The Morgan fingerprint density at radius 3 is 2.93 bits per heavy atom. The van der Waals surface area contributed by atoms with Crippen LogP contribution in [-0.4, -0.2) is 32.1 Å². The van der Waals surface area contributed by atoms with Crippen molar-refractivity contribution in [2.45, 2.75) is 37.8 Å². The highest BCUT2D eigenvalue weighted by molar-refractivity contribution is 7.17. The highest BCUT2D eigenvalue weighted by Crippen LogP contribution is 2.39. The van der Waals surface area contributed by atoms with Crippen LogP contribution in [0.1, 0.15) is 25.7 Å². The van der Waals surface area contributed by atoms with Gasteiger partial charge < -0.3 is 21.1 Å². The minimum Gasteiger partial charge on any atom is -0.494 e. The molecule has 0 spiro atoms. The van der Waals surface area contributed by atoms with Gasteiger partial charge >= 0.3 is 0 Å². The van der Waals surface area contributed by atoms with Crippen molar-refractivity contribution in [3.63, 3.8) is 0 Å². The molecule has 138 valence electrons. The van der Waals surface area contributed by atoms with E-state index >= 15 is 0 Å². The van der Waals surface area contributed by atoms with Crippen LogP contribution in [0.5, 0.6) is 5.88 Å². The lowest BCUT2D eigenvalue weighted by molar-refractivity contribution is 0.402. The van der Waals surface area contributed by atoms with E-state index in [1.54, 1.807) is 17.5 Å². The van der Waals surface area contributed by atoms with Crippen LogP contribution in [0.3, 0.4) is 0 Å². The predicted octanol–water partition coefficient (Wildman–Crippen LogP) is 4.23. The molecule has 1 aromatic carbocycles. The van der Waals surface area contributed by atoms with Crippen LogP contribution in [-0.2, 0) is 0 Å². The lowest BCUT2D eigenvalue weighted by atomic mass is 9.91. The van der Waals surface area contributed by atoms with Crippen LogP contribution >= 0.6 is 11.3 Å². The first-order valence-corrected chi connectivity index (χ1v) is 10.2. The fourth-order valence-electron chi connectivity index (χ4n) is 3.95. The molecule has 27 heavy (non-hydrogen) atoms. The number of hydrogen-bond acceptors (Lipinski definition) is 6. The van der Waals surface area contributed by atoms with Crippen LogP contribution in [0.2, 0.25) is 0 Å². The smallest absolute Gasteiger partial charge is 0.224 e. The maximum atomic E-state index is 10.3. The zero-order valence-electron chi connectivity index (χ0n) is 14.8. The molecule has 3 aromatic heterocycles. The van der Waals surface area contributed by atoms with Gasteiger partial charge in [0.1, 0.15) is 0 Å². The summed E-state index contributed by atoms with van der Waals surface area (Å²) in [5, 5.41) is 17.7. The Hall–Kier alpha value is -2.64. The summed E-state index contributed by atoms with van der Waals surface area (Å²) in [6.07, 6.45) is 6.11. The van der Waals surface area contributed by atoms with E-state index in [4.69, 9.17) is 10.7 Å². The van der Waals surface area contributed by atoms with Gasteiger partial charge in [-0.3, -0.25) is 0 Å². The minimum absolute atomic E-state index is 0.0937. The molecule has 5 rings (SSSR count). The predicted molar refractivity (Wildman–Crippen MR) is 110 cm³/mol. The summed E-state index contributed by atoms with van der Waals surface area (Å²) in [6, 6.07) is 8.53. The summed E-state index contributed by atoms with van der Waals surface area (Å²) in [5.41, 5.74) is 8.73. The molecule has 7 heteroatoms. The van der Waals surface area contributed by atoms with Crippen molar-refractivity contribution in [3.8, 4) is 17.1 Å².